The summed E-state index contributed by atoms with van der Waals surface area (Å²) in [6, 6.07) is 14.1. The molecule has 0 radical (unpaired) electrons. The van der Waals surface area contributed by atoms with Gasteiger partial charge in [-0.2, -0.15) is 26.3 Å². The van der Waals surface area contributed by atoms with Crippen molar-refractivity contribution < 1.29 is 45.3 Å². The molecule has 0 saturated heterocycles. The van der Waals surface area contributed by atoms with Gasteiger partial charge >= 0.3 is 18.3 Å². The van der Waals surface area contributed by atoms with Crippen molar-refractivity contribution in [2.75, 3.05) is 18.1 Å². The standard InChI is InChI=1S/C33H32F6N4O4/c1-3-45-30(44)10-7-13-46-27-17-40-31(41-18-27)43(19-24-14-25(32(34,35)36)16-26(15-24)33(37,38)39)20-28-29(12-11-22(2)42-28)47-21-23-8-5-4-6-9-23/h4-6,8-9,11-12,14-18H,3,7,10,13,19-21H2,1-2H3. The Bertz CT molecular complexity index is 1580. The average molecular weight is 663 g/mol. The van der Waals surface area contributed by atoms with E-state index < -0.39 is 30.0 Å². The number of carbonyl (C=O) groups is 1. The van der Waals surface area contributed by atoms with E-state index in [1.807, 2.05) is 30.3 Å². The lowest BCUT2D eigenvalue weighted by molar-refractivity contribution is -0.144. The number of alkyl halides is 6. The summed E-state index contributed by atoms with van der Waals surface area (Å²) >= 11 is 0. The Hall–Kier alpha value is -4.88. The zero-order valence-electron chi connectivity index (χ0n) is 25.6. The molecule has 4 aromatic rings. The molecule has 0 aliphatic rings. The van der Waals surface area contributed by atoms with Gasteiger partial charge in [0, 0.05) is 18.7 Å². The van der Waals surface area contributed by atoms with Crippen LogP contribution in [0.1, 0.15) is 53.4 Å². The van der Waals surface area contributed by atoms with Gasteiger partial charge in [-0.25, -0.2) is 9.97 Å². The molecule has 2 aromatic carbocycles. The minimum Gasteiger partial charge on any atom is -0.490 e. The molecule has 4 rings (SSSR count). The Morgan fingerprint density at radius 2 is 1.49 bits per heavy atom. The van der Waals surface area contributed by atoms with Gasteiger partial charge in [0.1, 0.15) is 18.1 Å². The fraction of sp³-hybridized carbons (Fsp3) is 0.333. The molecule has 0 N–H and O–H groups in total. The molecular weight excluding hydrogens is 630 g/mol. The summed E-state index contributed by atoms with van der Waals surface area (Å²) in [5.74, 6) is 0.244. The number of esters is 1. The summed E-state index contributed by atoms with van der Waals surface area (Å²) in [5, 5.41) is 0. The molecule has 2 aromatic heterocycles. The highest BCUT2D eigenvalue weighted by atomic mass is 19.4. The van der Waals surface area contributed by atoms with Gasteiger partial charge in [0.15, 0.2) is 5.75 Å². The van der Waals surface area contributed by atoms with Crippen molar-refractivity contribution in [2.24, 2.45) is 0 Å². The number of nitrogens with zero attached hydrogens (tertiary/aromatic N) is 4. The van der Waals surface area contributed by atoms with Crippen LogP contribution in [0.4, 0.5) is 32.3 Å². The Labute approximate surface area is 267 Å². The van der Waals surface area contributed by atoms with E-state index in [0.717, 1.165) is 5.56 Å². The first-order valence-electron chi connectivity index (χ1n) is 14.6. The van der Waals surface area contributed by atoms with Gasteiger partial charge in [-0.3, -0.25) is 9.78 Å². The molecule has 0 saturated carbocycles. The number of benzene rings is 2. The van der Waals surface area contributed by atoms with E-state index in [1.54, 1.807) is 26.0 Å². The minimum atomic E-state index is -5.01. The maximum Gasteiger partial charge on any atom is 0.416 e. The molecule has 8 nitrogen and oxygen atoms in total. The second-order valence-electron chi connectivity index (χ2n) is 10.4. The number of halogens is 6. The number of rotatable bonds is 14. The fourth-order valence-electron chi connectivity index (χ4n) is 4.47. The average Bonchev–Trinajstić information content (AvgIpc) is 3.02. The van der Waals surface area contributed by atoms with E-state index in [4.69, 9.17) is 14.2 Å². The van der Waals surface area contributed by atoms with Gasteiger partial charge in [-0.05, 0) is 61.7 Å². The monoisotopic (exact) mass is 662 g/mol. The second-order valence-corrected chi connectivity index (χ2v) is 10.4. The van der Waals surface area contributed by atoms with Gasteiger partial charge in [0.05, 0.1) is 43.3 Å². The van der Waals surface area contributed by atoms with Crippen molar-refractivity contribution in [3.8, 4) is 11.5 Å². The highest BCUT2D eigenvalue weighted by molar-refractivity contribution is 5.69. The topological polar surface area (TPSA) is 86.7 Å². The van der Waals surface area contributed by atoms with Crippen LogP contribution in [0.25, 0.3) is 0 Å². The van der Waals surface area contributed by atoms with Crippen molar-refractivity contribution in [3.05, 3.63) is 107 Å². The number of carbonyl (C=O) groups excluding carboxylic acids is 1. The summed E-state index contributed by atoms with van der Waals surface area (Å²) < 4.78 is 98.4. The van der Waals surface area contributed by atoms with E-state index in [2.05, 4.69) is 15.0 Å². The molecule has 0 amide bonds. The maximum absolute atomic E-state index is 13.6. The van der Waals surface area contributed by atoms with E-state index in [9.17, 15) is 31.1 Å². The third-order valence-corrected chi connectivity index (χ3v) is 6.67. The zero-order valence-corrected chi connectivity index (χ0v) is 25.6. The number of aryl methyl sites for hydroxylation is 1. The van der Waals surface area contributed by atoms with Gasteiger partial charge in [-0.1, -0.05) is 30.3 Å². The Morgan fingerprint density at radius 3 is 2.11 bits per heavy atom. The Balaban J connectivity index is 1.64. The number of hydrogen-bond donors (Lipinski definition) is 0. The van der Waals surface area contributed by atoms with E-state index in [0.29, 0.717) is 35.7 Å². The van der Waals surface area contributed by atoms with Crippen LogP contribution in [0.2, 0.25) is 0 Å². The molecule has 14 heteroatoms. The first-order chi connectivity index (χ1) is 22.3. The molecule has 0 aliphatic heterocycles. The minimum absolute atomic E-state index is 0.00726. The van der Waals surface area contributed by atoms with Gasteiger partial charge in [0.25, 0.3) is 0 Å². The fourth-order valence-corrected chi connectivity index (χ4v) is 4.47. The van der Waals surface area contributed by atoms with Crippen LogP contribution >= 0.6 is 0 Å². The number of anilines is 1. The van der Waals surface area contributed by atoms with Gasteiger partial charge < -0.3 is 19.1 Å². The molecule has 250 valence electrons. The van der Waals surface area contributed by atoms with Crippen molar-refractivity contribution >= 4 is 11.9 Å². The van der Waals surface area contributed by atoms with E-state index in [-0.39, 0.29) is 62.1 Å². The highest BCUT2D eigenvalue weighted by Gasteiger charge is 2.37. The molecule has 47 heavy (non-hydrogen) atoms. The predicted molar refractivity (Wildman–Crippen MR) is 159 cm³/mol. The smallest absolute Gasteiger partial charge is 0.416 e. The maximum atomic E-state index is 13.6. The molecule has 0 atom stereocenters. The second kappa shape index (κ2) is 15.6. The number of aromatic nitrogens is 3. The Kier molecular flexibility index (Phi) is 11.6. The highest BCUT2D eigenvalue weighted by Crippen LogP contribution is 2.37. The lowest BCUT2D eigenvalue weighted by Gasteiger charge is -2.25. The first kappa shape index (κ1) is 35.0. The van der Waals surface area contributed by atoms with Crippen molar-refractivity contribution in [3.63, 3.8) is 0 Å². The third-order valence-electron chi connectivity index (χ3n) is 6.67. The summed E-state index contributed by atoms with van der Waals surface area (Å²) in [5.41, 5.74) is -1.29. The molecule has 0 aliphatic carbocycles. The van der Waals surface area contributed by atoms with Gasteiger partial charge in [-0.15, -0.1) is 0 Å². The molecule has 0 bridgehead atoms. The number of hydrogen-bond acceptors (Lipinski definition) is 8. The van der Waals surface area contributed by atoms with Gasteiger partial charge in [0.2, 0.25) is 5.95 Å². The van der Waals surface area contributed by atoms with Crippen molar-refractivity contribution in [1.82, 2.24) is 15.0 Å². The summed E-state index contributed by atoms with van der Waals surface area (Å²) in [4.78, 5) is 26.1. The first-order valence-corrected chi connectivity index (χ1v) is 14.6. The van der Waals surface area contributed by atoms with Crippen LogP contribution in [0.15, 0.2) is 73.1 Å². The van der Waals surface area contributed by atoms with Crippen molar-refractivity contribution in [1.29, 1.82) is 0 Å². The van der Waals surface area contributed by atoms with Crippen LogP contribution in [-0.4, -0.2) is 34.1 Å². The normalized spacial score (nSPS) is 11.7. The summed E-state index contributed by atoms with van der Waals surface area (Å²) in [6.07, 6.45) is -6.86. The lowest BCUT2D eigenvalue weighted by atomic mass is 10.0. The molecule has 0 fully saturated rings. The largest absolute Gasteiger partial charge is 0.490 e. The summed E-state index contributed by atoms with van der Waals surface area (Å²) in [7, 11) is 0. The van der Waals surface area contributed by atoms with E-state index in [1.165, 1.54) is 17.3 Å². The molecule has 0 unspecified atom stereocenters. The van der Waals surface area contributed by atoms with Crippen LogP contribution in [0.5, 0.6) is 11.5 Å². The van der Waals surface area contributed by atoms with Crippen LogP contribution in [0.3, 0.4) is 0 Å². The summed E-state index contributed by atoms with van der Waals surface area (Å²) in [6.45, 7) is 3.50. The third kappa shape index (κ3) is 10.6. The van der Waals surface area contributed by atoms with Crippen molar-refractivity contribution in [2.45, 2.75) is 58.7 Å². The molecule has 0 spiro atoms. The van der Waals surface area contributed by atoms with E-state index >= 15 is 0 Å². The SMILES string of the molecule is CCOC(=O)CCCOc1cnc(N(Cc2cc(C(F)(F)F)cc(C(F)(F)F)c2)Cc2nc(C)ccc2OCc2ccccc2)nc1. The molecular formula is C33H32F6N4O4. The quantitative estimate of drug-likeness (QED) is 0.0771. The van der Waals surface area contributed by atoms with Crippen LogP contribution < -0.4 is 14.4 Å². The molecule has 2 heterocycles. The Morgan fingerprint density at radius 1 is 0.830 bits per heavy atom. The zero-order chi connectivity index (χ0) is 34.0. The van der Waals surface area contributed by atoms with Crippen LogP contribution in [0, 0.1) is 6.92 Å². The lowest BCUT2D eigenvalue weighted by Crippen LogP contribution is -2.26. The number of pyridine rings is 1. The predicted octanol–water partition coefficient (Wildman–Crippen LogP) is 7.73. The van der Waals surface area contributed by atoms with Crippen LogP contribution in [-0.2, 0) is 41.6 Å². The number of ether oxygens (including phenoxy) is 3.